The highest BCUT2D eigenvalue weighted by Gasteiger charge is 2.19. The molecule has 0 atom stereocenters. The van der Waals surface area contributed by atoms with Crippen molar-refractivity contribution in [1.82, 2.24) is 0 Å². The molecule has 0 bridgehead atoms. The Morgan fingerprint density at radius 1 is 1.12 bits per heavy atom. The van der Waals surface area contributed by atoms with Crippen LogP contribution in [0.3, 0.4) is 0 Å². The van der Waals surface area contributed by atoms with Gasteiger partial charge in [-0.3, -0.25) is 0 Å². The van der Waals surface area contributed by atoms with E-state index in [0.29, 0.717) is 5.41 Å². The topological polar surface area (TPSA) is 0 Å². The normalized spacial score (nSPS) is 12.9. The van der Waals surface area contributed by atoms with Crippen molar-refractivity contribution in [3.63, 3.8) is 0 Å². The first-order valence-electron chi connectivity index (χ1n) is 6.69. The summed E-state index contributed by atoms with van der Waals surface area (Å²) >= 11 is 0. The maximum atomic E-state index is 2.36. The molecule has 96 valence electrons. The SMILES string of the molecule is C/C=C\C(=C/C)CC(C)(C)CC(C)C.CC. The zero-order chi connectivity index (χ0) is 13.2. The third-order valence-corrected chi connectivity index (χ3v) is 2.40. The van der Waals surface area contributed by atoms with Gasteiger partial charge in [0.2, 0.25) is 0 Å². The van der Waals surface area contributed by atoms with E-state index in [-0.39, 0.29) is 0 Å². The third-order valence-electron chi connectivity index (χ3n) is 2.40. The van der Waals surface area contributed by atoms with Crippen LogP contribution in [0.1, 0.15) is 68.2 Å². The summed E-state index contributed by atoms with van der Waals surface area (Å²) in [4.78, 5) is 0. The van der Waals surface area contributed by atoms with Gasteiger partial charge in [0.1, 0.15) is 0 Å². The Bertz CT molecular complexity index is 204. The summed E-state index contributed by atoms with van der Waals surface area (Å²) in [5, 5.41) is 0. The summed E-state index contributed by atoms with van der Waals surface area (Å²) in [5.41, 5.74) is 1.88. The first kappa shape index (κ1) is 17.9. The van der Waals surface area contributed by atoms with E-state index < -0.39 is 0 Å². The number of hydrogen-bond donors (Lipinski definition) is 0. The quantitative estimate of drug-likeness (QED) is 0.503. The lowest BCUT2D eigenvalue weighted by atomic mass is 9.78. The molecular weight excluding hydrogens is 192 g/mol. The van der Waals surface area contributed by atoms with Crippen LogP contribution in [0.25, 0.3) is 0 Å². The first-order chi connectivity index (χ1) is 7.41. The van der Waals surface area contributed by atoms with Gasteiger partial charge >= 0.3 is 0 Å². The van der Waals surface area contributed by atoms with Crippen LogP contribution in [0.4, 0.5) is 0 Å². The van der Waals surface area contributed by atoms with Crippen molar-refractivity contribution in [2.45, 2.75) is 68.2 Å². The molecule has 0 radical (unpaired) electrons. The second-order valence-corrected chi connectivity index (χ2v) is 5.30. The summed E-state index contributed by atoms with van der Waals surface area (Å²) in [5.74, 6) is 0.786. The molecule has 0 heteroatoms. The zero-order valence-corrected chi connectivity index (χ0v) is 12.7. The smallest absolute Gasteiger partial charge is 0.0231 e. The molecule has 16 heavy (non-hydrogen) atoms. The lowest BCUT2D eigenvalue weighted by molar-refractivity contribution is 0.286. The minimum atomic E-state index is 0.426. The molecule has 0 unspecified atom stereocenters. The van der Waals surface area contributed by atoms with E-state index >= 15 is 0 Å². The van der Waals surface area contributed by atoms with Gasteiger partial charge in [-0.05, 0) is 38.0 Å². The lowest BCUT2D eigenvalue weighted by Crippen LogP contribution is -2.14. The fourth-order valence-corrected chi connectivity index (χ4v) is 2.20. The zero-order valence-electron chi connectivity index (χ0n) is 12.7. The molecular formula is C16H32. The lowest BCUT2D eigenvalue weighted by Gasteiger charge is -2.27. The Morgan fingerprint density at radius 2 is 1.62 bits per heavy atom. The van der Waals surface area contributed by atoms with Crippen LogP contribution in [0.15, 0.2) is 23.8 Å². The van der Waals surface area contributed by atoms with Gasteiger partial charge in [0.05, 0.1) is 0 Å². The minimum Gasteiger partial charge on any atom is -0.0874 e. The second-order valence-electron chi connectivity index (χ2n) is 5.30. The third kappa shape index (κ3) is 10.0. The minimum absolute atomic E-state index is 0.426. The molecule has 0 aliphatic rings. The molecule has 0 rings (SSSR count). The predicted octanol–water partition coefficient (Wildman–Crippen LogP) is 6.00. The van der Waals surface area contributed by atoms with Crippen LogP contribution in [0.2, 0.25) is 0 Å². The van der Waals surface area contributed by atoms with E-state index in [9.17, 15) is 0 Å². The molecule has 0 fully saturated rings. The molecule has 0 aromatic carbocycles. The Morgan fingerprint density at radius 3 is 1.94 bits per heavy atom. The Balaban J connectivity index is 0. The van der Waals surface area contributed by atoms with Gasteiger partial charge in [-0.2, -0.15) is 0 Å². The standard InChI is InChI=1S/C14H26.C2H6/c1-7-9-13(8-2)11-14(5,6)10-12(3)4;1-2/h7-9,12H,10-11H2,1-6H3;1-2H3/b9-7-,13-8+;. The monoisotopic (exact) mass is 224 g/mol. The van der Waals surface area contributed by atoms with Gasteiger partial charge in [0.15, 0.2) is 0 Å². The van der Waals surface area contributed by atoms with E-state index in [1.807, 2.05) is 13.8 Å². The largest absolute Gasteiger partial charge is 0.0874 e. The molecule has 0 saturated carbocycles. The van der Waals surface area contributed by atoms with Crippen molar-refractivity contribution >= 4 is 0 Å². The van der Waals surface area contributed by atoms with E-state index in [4.69, 9.17) is 0 Å². The Hall–Kier alpha value is -0.520. The molecule has 0 aromatic heterocycles. The molecule has 0 heterocycles. The molecule has 0 amide bonds. The van der Waals surface area contributed by atoms with E-state index in [1.165, 1.54) is 18.4 Å². The van der Waals surface area contributed by atoms with Crippen molar-refractivity contribution in [2.75, 3.05) is 0 Å². The average molecular weight is 224 g/mol. The maximum absolute atomic E-state index is 2.36. The number of allylic oxidation sites excluding steroid dienone is 4. The summed E-state index contributed by atoms with van der Waals surface area (Å²) in [6, 6.07) is 0. The molecule has 0 spiro atoms. The van der Waals surface area contributed by atoms with Crippen molar-refractivity contribution in [2.24, 2.45) is 11.3 Å². The van der Waals surface area contributed by atoms with Crippen LogP contribution >= 0.6 is 0 Å². The van der Waals surface area contributed by atoms with Crippen LogP contribution in [0, 0.1) is 11.3 Å². The van der Waals surface area contributed by atoms with Crippen LogP contribution in [-0.2, 0) is 0 Å². The molecule has 0 saturated heterocycles. The van der Waals surface area contributed by atoms with Crippen LogP contribution in [-0.4, -0.2) is 0 Å². The maximum Gasteiger partial charge on any atom is -0.0231 e. The molecule has 0 nitrogen and oxygen atoms in total. The van der Waals surface area contributed by atoms with Gasteiger partial charge in [0, 0.05) is 0 Å². The predicted molar refractivity (Wildman–Crippen MR) is 77.8 cm³/mol. The van der Waals surface area contributed by atoms with Crippen molar-refractivity contribution < 1.29 is 0 Å². The van der Waals surface area contributed by atoms with Crippen molar-refractivity contribution in [1.29, 1.82) is 0 Å². The van der Waals surface area contributed by atoms with Crippen LogP contribution in [0.5, 0.6) is 0 Å². The van der Waals surface area contributed by atoms with Gasteiger partial charge in [0.25, 0.3) is 0 Å². The summed E-state index contributed by atoms with van der Waals surface area (Å²) in [6.07, 6.45) is 9.05. The van der Waals surface area contributed by atoms with Gasteiger partial charge < -0.3 is 0 Å². The summed E-state index contributed by atoms with van der Waals surface area (Å²) in [7, 11) is 0. The van der Waals surface area contributed by atoms with Gasteiger partial charge in [-0.25, -0.2) is 0 Å². The highest BCUT2D eigenvalue weighted by molar-refractivity contribution is 5.18. The summed E-state index contributed by atoms with van der Waals surface area (Å²) in [6.45, 7) is 17.5. The highest BCUT2D eigenvalue weighted by atomic mass is 14.2. The van der Waals surface area contributed by atoms with Crippen molar-refractivity contribution in [3.8, 4) is 0 Å². The molecule has 0 aromatic rings. The van der Waals surface area contributed by atoms with E-state index in [0.717, 1.165) is 5.92 Å². The highest BCUT2D eigenvalue weighted by Crippen LogP contribution is 2.32. The van der Waals surface area contributed by atoms with E-state index in [2.05, 4.69) is 59.8 Å². The number of hydrogen-bond acceptors (Lipinski definition) is 0. The molecule has 0 aliphatic carbocycles. The second kappa shape index (κ2) is 9.69. The van der Waals surface area contributed by atoms with Gasteiger partial charge in [-0.15, -0.1) is 0 Å². The first-order valence-corrected chi connectivity index (χ1v) is 6.69. The Labute approximate surface area is 104 Å². The van der Waals surface area contributed by atoms with Crippen molar-refractivity contribution in [3.05, 3.63) is 23.8 Å². The van der Waals surface area contributed by atoms with Gasteiger partial charge in [-0.1, -0.05) is 65.3 Å². The van der Waals surface area contributed by atoms with Crippen LogP contribution < -0.4 is 0 Å². The summed E-state index contributed by atoms with van der Waals surface area (Å²) < 4.78 is 0. The van der Waals surface area contributed by atoms with E-state index in [1.54, 1.807) is 0 Å². The fraction of sp³-hybridized carbons (Fsp3) is 0.750. The fourth-order valence-electron chi connectivity index (χ4n) is 2.20. The number of rotatable bonds is 5. The molecule has 0 aliphatic heterocycles. The molecule has 0 N–H and O–H groups in total. The Kier molecular flexibility index (Phi) is 10.8. The average Bonchev–Trinajstić information content (AvgIpc) is 2.18.